The molecule has 3 heterocycles. The van der Waals surface area contributed by atoms with E-state index in [4.69, 9.17) is 4.74 Å². The smallest absolute Gasteiger partial charge is 0.196 e. The zero-order chi connectivity index (χ0) is 21.4. The number of Topliss-reactive ketones (excluding diaryl/α,β-unsaturated/α-hetero) is 1. The number of rotatable bonds is 7. The lowest BCUT2D eigenvalue weighted by Crippen LogP contribution is -2.06. The molecule has 30 heavy (non-hydrogen) atoms. The molecule has 154 valence electrons. The number of ether oxygens (including phenoxy) is 1. The monoisotopic (exact) mass is 420 g/mol. The number of allylic oxidation sites excluding steroid dienone is 1. The van der Waals surface area contributed by atoms with E-state index in [1.54, 1.807) is 7.11 Å². The van der Waals surface area contributed by atoms with Crippen molar-refractivity contribution in [2.24, 2.45) is 0 Å². The Bertz CT molecular complexity index is 1290. The molecule has 0 aliphatic heterocycles. The standard InChI is InChI=1S/C23H24N4O2S/c1-6-9-26-15(3)11-19(16(26)4)21(28)13-30-23-25-24-22-10-14(2)18-8-7-17(29-5)12-20(18)27(22)23/h6-8,10-12H,1,9,13H2,2-5H3. The predicted molar refractivity (Wildman–Crippen MR) is 121 cm³/mol. The van der Waals surface area contributed by atoms with Gasteiger partial charge in [-0.05, 0) is 50.6 Å². The fraction of sp³-hybridized carbons (Fsp3) is 0.261. The molecule has 0 N–H and O–H groups in total. The van der Waals surface area contributed by atoms with Crippen molar-refractivity contribution in [3.05, 3.63) is 65.5 Å². The molecule has 0 bridgehead atoms. The molecule has 0 fully saturated rings. The van der Waals surface area contributed by atoms with Crippen LogP contribution in [0.1, 0.15) is 27.3 Å². The van der Waals surface area contributed by atoms with Crippen molar-refractivity contribution in [2.75, 3.05) is 12.9 Å². The highest BCUT2D eigenvalue weighted by atomic mass is 32.2. The number of aromatic nitrogens is 4. The van der Waals surface area contributed by atoms with Gasteiger partial charge >= 0.3 is 0 Å². The van der Waals surface area contributed by atoms with Crippen molar-refractivity contribution in [3.8, 4) is 5.75 Å². The first-order valence-corrected chi connectivity index (χ1v) is 10.7. The summed E-state index contributed by atoms with van der Waals surface area (Å²) < 4.78 is 9.49. The number of carbonyl (C=O) groups excluding carboxylic acids is 1. The van der Waals surface area contributed by atoms with Gasteiger partial charge < -0.3 is 9.30 Å². The highest BCUT2D eigenvalue weighted by Gasteiger charge is 2.18. The first kappa shape index (κ1) is 20.2. The van der Waals surface area contributed by atoms with Gasteiger partial charge in [0.25, 0.3) is 0 Å². The summed E-state index contributed by atoms with van der Waals surface area (Å²) in [6.45, 7) is 10.5. The van der Waals surface area contributed by atoms with Crippen molar-refractivity contribution < 1.29 is 9.53 Å². The van der Waals surface area contributed by atoms with Gasteiger partial charge in [-0.15, -0.1) is 16.8 Å². The molecule has 0 saturated heterocycles. The number of pyridine rings is 1. The number of benzene rings is 1. The molecule has 0 saturated carbocycles. The van der Waals surface area contributed by atoms with Gasteiger partial charge in [0.2, 0.25) is 0 Å². The minimum atomic E-state index is 0.0779. The van der Waals surface area contributed by atoms with E-state index in [-0.39, 0.29) is 5.78 Å². The van der Waals surface area contributed by atoms with E-state index >= 15 is 0 Å². The maximum Gasteiger partial charge on any atom is 0.196 e. The summed E-state index contributed by atoms with van der Waals surface area (Å²) in [5.74, 6) is 1.14. The third-order valence-corrected chi connectivity index (χ3v) is 6.32. The maximum atomic E-state index is 12.9. The molecular weight excluding hydrogens is 396 g/mol. The van der Waals surface area contributed by atoms with E-state index in [0.717, 1.165) is 44.8 Å². The lowest BCUT2D eigenvalue weighted by Gasteiger charge is -2.09. The first-order chi connectivity index (χ1) is 14.4. The molecule has 0 unspecified atom stereocenters. The minimum absolute atomic E-state index is 0.0779. The second-order valence-corrected chi connectivity index (χ2v) is 8.23. The second kappa shape index (κ2) is 7.99. The number of thioether (sulfide) groups is 1. The van der Waals surface area contributed by atoms with Gasteiger partial charge in [0.05, 0.1) is 18.4 Å². The molecule has 0 spiro atoms. The summed E-state index contributed by atoms with van der Waals surface area (Å²) in [6, 6.07) is 9.93. The van der Waals surface area contributed by atoms with E-state index in [1.165, 1.54) is 11.8 Å². The molecule has 4 aromatic rings. The van der Waals surface area contributed by atoms with Gasteiger partial charge in [-0.3, -0.25) is 9.20 Å². The number of ketones is 1. The fourth-order valence-electron chi connectivity index (χ4n) is 3.82. The second-order valence-electron chi connectivity index (χ2n) is 7.28. The maximum absolute atomic E-state index is 12.9. The average molecular weight is 421 g/mol. The van der Waals surface area contributed by atoms with Crippen molar-refractivity contribution in [2.45, 2.75) is 32.5 Å². The van der Waals surface area contributed by atoms with Crippen LogP contribution in [0, 0.1) is 20.8 Å². The van der Waals surface area contributed by atoms with Crippen LogP contribution in [0.3, 0.4) is 0 Å². The van der Waals surface area contributed by atoms with Crippen LogP contribution >= 0.6 is 11.8 Å². The molecule has 1 aromatic carbocycles. The third kappa shape index (κ3) is 3.39. The van der Waals surface area contributed by atoms with Crippen LogP contribution in [0.2, 0.25) is 0 Å². The van der Waals surface area contributed by atoms with E-state index in [9.17, 15) is 4.79 Å². The van der Waals surface area contributed by atoms with Crippen LogP contribution in [0.25, 0.3) is 16.6 Å². The number of methoxy groups -OCH3 is 1. The van der Waals surface area contributed by atoms with Gasteiger partial charge in [0.15, 0.2) is 16.6 Å². The summed E-state index contributed by atoms with van der Waals surface area (Å²) in [4.78, 5) is 12.9. The van der Waals surface area contributed by atoms with Crippen LogP contribution in [-0.2, 0) is 6.54 Å². The van der Waals surface area contributed by atoms with Crippen molar-refractivity contribution >= 4 is 34.1 Å². The molecule has 4 rings (SSSR count). The lowest BCUT2D eigenvalue weighted by molar-refractivity contribution is 0.102. The molecule has 3 aromatic heterocycles. The summed E-state index contributed by atoms with van der Waals surface area (Å²) in [5.41, 5.74) is 5.62. The Labute approximate surface area is 179 Å². The number of hydrogen-bond donors (Lipinski definition) is 0. The molecular formula is C23H24N4O2S. The molecule has 0 radical (unpaired) electrons. The Morgan fingerprint density at radius 3 is 2.73 bits per heavy atom. The number of fused-ring (bicyclic) bond motifs is 3. The largest absolute Gasteiger partial charge is 0.497 e. The molecule has 0 aliphatic carbocycles. The quantitative estimate of drug-likeness (QED) is 0.245. The Morgan fingerprint density at radius 2 is 2.00 bits per heavy atom. The highest BCUT2D eigenvalue weighted by Crippen LogP contribution is 2.29. The zero-order valence-corrected chi connectivity index (χ0v) is 18.4. The van der Waals surface area contributed by atoms with Crippen LogP contribution in [0.15, 0.2) is 48.1 Å². The lowest BCUT2D eigenvalue weighted by atomic mass is 10.1. The van der Waals surface area contributed by atoms with E-state index in [2.05, 4.69) is 28.3 Å². The molecule has 0 aliphatic rings. The van der Waals surface area contributed by atoms with Crippen LogP contribution in [0.4, 0.5) is 0 Å². The van der Waals surface area contributed by atoms with Crippen LogP contribution in [-0.4, -0.2) is 37.8 Å². The number of carbonyl (C=O) groups is 1. The topological polar surface area (TPSA) is 61.4 Å². The SMILES string of the molecule is C=CCn1c(C)cc(C(=O)CSc2nnc3cc(C)c4ccc(OC)cc4n23)c1C. The normalized spacial score (nSPS) is 11.3. The van der Waals surface area contributed by atoms with Crippen molar-refractivity contribution in [3.63, 3.8) is 0 Å². The molecule has 0 amide bonds. The van der Waals surface area contributed by atoms with Crippen molar-refractivity contribution in [1.82, 2.24) is 19.2 Å². The minimum Gasteiger partial charge on any atom is -0.497 e. The Morgan fingerprint density at radius 1 is 1.20 bits per heavy atom. The average Bonchev–Trinajstić information content (AvgIpc) is 3.27. The highest BCUT2D eigenvalue weighted by molar-refractivity contribution is 7.99. The first-order valence-electron chi connectivity index (χ1n) is 9.70. The van der Waals surface area contributed by atoms with Gasteiger partial charge in [-0.2, -0.15) is 0 Å². The zero-order valence-electron chi connectivity index (χ0n) is 17.6. The van der Waals surface area contributed by atoms with Crippen LogP contribution in [0.5, 0.6) is 5.75 Å². The molecule has 0 atom stereocenters. The van der Waals surface area contributed by atoms with E-state index in [1.807, 2.05) is 54.7 Å². The summed E-state index contributed by atoms with van der Waals surface area (Å²) in [5, 5.41) is 10.5. The predicted octanol–water partition coefficient (Wildman–Crippen LogP) is 4.78. The van der Waals surface area contributed by atoms with Gasteiger partial charge in [-0.1, -0.05) is 17.8 Å². The molecule has 6 nitrogen and oxygen atoms in total. The summed E-state index contributed by atoms with van der Waals surface area (Å²) in [6.07, 6.45) is 1.84. The number of hydrogen-bond acceptors (Lipinski definition) is 5. The van der Waals surface area contributed by atoms with Crippen molar-refractivity contribution in [1.29, 1.82) is 0 Å². The Balaban J connectivity index is 1.68. The fourth-order valence-corrected chi connectivity index (χ4v) is 4.66. The summed E-state index contributed by atoms with van der Waals surface area (Å²) in [7, 11) is 1.65. The van der Waals surface area contributed by atoms with Gasteiger partial charge in [0.1, 0.15) is 5.75 Å². The van der Waals surface area contributed by atoms with Gasteiger partial charge in [-0.25, -0.2) is 0 Å². The Hall–Kier alpha value is -3.06. The van der Waals surface area contributed by atoms with Crippen LogP contribution < -0.4 is 4.74 Å². The summed E-state index contributed by atoms with van der Waals surface area (Å²) >= 11 is 1.40. The number of aryl methyl sites for hydroxylation is 2. The van der Waals surface area contributed by atoms with Gasteiger partial charge in [0, 0.05) is 34.9 Å². The molecule has 7 heteroatoms. The Kier molecular flexibility index (Phi) is 5.39. The van der Waals surface area contributed by atoms with E-state index < -0.39 is 0 Å². The third-order valence-electron chi connectivity index (χ3n) is 5.39. The number of nitrogens with zero attached hydrogens (tertiary/aromatic N) is 4. The van der Waals surface area contributed by atoms with E-state index in [0.29, 0.717) is 17.5 Å².